The standard InChI is InChI=1S/C23H22BrN7O6/c1-12(33)35-20-17(9-32)37-23(21(20)36-13(2)34)31-11-27-19-18(25-10-26-22(19)31)16-8-30(29-28-16)7-14-3-5-15(24)6-4-14/h3-6,8,10-11,17,20-21,23,32H,7,9H2,1-2H3/t17-,20+,21-,23-/m1/s1. The molecule has 192 valence electrons. The van der Waals surface area contributed by atoms with Crippen LogP contribution in [0.15, 0.2) is 47.6 Å². The molecule has 5 rings (SSSR count). The van der Waals surface area contributed by atoms with Gasteiger partial charge in [-0.05, 0) is 17.7 Å². The van der Waals surface area contributed by atoms with Crippen LogP contribution in [0.3, 0.4) is 0 Å². The average Bonchev–Trinajstić information content (AvgIpc) is 3.58. The monoisotopic (exact) mass is 571 g/mol. The van der Waals surface area contributed by atoms with Crippen molar-refractivity contribution in [3.05, 3.63) is 53.2 Å². The minimum Gasteiger partial charge on any atom is -0.456 e. The molecule has 1 fully saturated rings. The zero-order chi connectivity index (χ0) is 26.1. The number of aromatic nitrogens is 7. The van der Waals surface area contributed by atoms with Crippen LogP contribution in [0.5, 0.6) is 0 Å². The number of aliphatic hydroxyl groups excluding tert-OH is 1. The smallest absolute Gasteiger partial charge is 0.303 e. The molecule has 1 saturated heterocycles. The Labute approximate surface area is 218 Å². The molecule has 0 bridgehead atoms. The Morgan fingerprint density at radius 2 is 1.81 bits per heavy atom. The molecule has 4 heterocycles. The predicted molar refractivity (Wildman–Crippen MR) is 130 cm³/mol. The highest BCUT2D eigenvalue weighted by Gasteiger charge is 2.50. The molecule has 0 amide bonds. The summed E-state index contributed by atoms with van der Waals surface area (Å²) in [7, 11) is 0. The van der Waals surface area contributed by atoms with Gasteiger partial charge in [0, 0.05) is 18.3 Å². The van der Waals surface area contributed by atoms with Crippen molar-refractivity contribution in [2.45, 2.75) is 44.9 Å². The van der Waals surface area contributed by atoms with Gasteiger partial charge in [0.2, 0.25) is 0 Å². The molecule has 13 nitrogen and oxygen atoms in total. The maximum atomic E-state index is 11.8. The number of aliphatic hydroxyl groups is 1. The van der Waals surface area contributed by atoms with Gasteiger partial charge in [0.1, 0.15) is 29.3 Å². The number of ether oxygens (including phenoxy) is 3. The first kappa shape index (κ1) is 24.9. The summed E-state index contributed by atoms with van der Waals surface area (Å²) in [4.78, 5) is 36.7. The summed E-state index contributed by atoms with van der Waals surface area (Å²) >= 11 is 3.43. The number of benzene rings is 1. The van der Waals surface area contributed by atoms with Gasteiger partial charge in [-0.2, -0.15) is 0 Å². The van der Waals surface area contributed by atoms with Crippen molar-refractivity contribution in [1.82, 2.24) is 34.5 Å². The van der Waals surface area contributed by atoms with Crippen LogP contribution in [0.1, 0.15) is 25.6 Å². The molecule has 1 aromatic carbocycles. The van der Waals surface area contributed by atoms with Gasteiger partial charge in [0.15, 0.2) is 24.1 Å². The summed E-state index contributed by atoms with van der Waals surface area (Å²) in [6.45, 7) is 2.52. The lowest BCUT2D eigenvalue weighted by Crippen LogP contribution is -2.40. The Bertz CT molecular complexity index is 1440. The van der Waals surface area contributed by atoms with Gasteiger partial charge in [-0.3, -0.25) is 14.2 Å². The van der Waals surface area contributed by atoms with Crippen LogP contribution >= 0.6 is 15.9 Å². The highest BCUT2D eigenvalue weighted by Crippen LogP contribution is 2.36. The van der Waals surface area contributed by atoms with Crippen molar-refractivity contribution in [2.24, 2.45) is 0 Å². The topological polar surface area (TPSA) is 156 Å². The van der Waals surface area contributed by atoms with Gasteiger partial charge in [-0.1, -0.05) is 33.3 Å². The van der Waals surface area contributed by atoms with Crippen LogP contribution in [0.2, 0.25) is 0 Å². The minimum absolute atomic E-state index is 0.370. The SMILES string of the molecule is CC(=O)O[C@@H]1[C@@H](OC(C)=O)[C@@H](CO)O[C@H]1n1cnc2c(-c3cn(Cc4ccc(Br)cc4)nn3)ncnc21. The molecular formula is C23H22BrN7O6. The van der Waals surface area contributed by atoms with Crippen LogP contribution in [0.4, 0.5) is 0 Å². The minimum atomic E-state index is -1.04. The van der Waals surface area contributed by atoms with Crippen molar-refractivity contribution in [3.63, 3.8) is 0 Å². The molecule has 0 saturated carbocycles. The molecule has 14 heteroatoms. The van der Waals surface area contributed by atoms with E-state index in [9.17, 15) is 14.7 Å². The van der Waals surface area contributed by atoms with Crippen LogP contribution in [0.25, 0.3) is 22.6 Å². The number of nitrogens with zero attached hydrogens (tertiary/aromatic N) is 7. The second-order valence-electron chi connectivity index (χ2n) is 8.37. The van der Waals surface area contributed by atoms with Crippen molar-refractivity contribution in [2.75, 3.05) is 6.61 Å². The third-order valence-electron chi connectivity index (χ3n) is 5.74. The van der Waals surface area contributed by atoms with E-state index in [1.165, 1.54) is 26.5 Å². The Morgan fingerprint density at radius 3 is 2.51 bits per heavy atom. The second-order valence-corrected chi connectivity index (χ2v) is 9.29. The van der Waals surface area contributed by atoms with Crippen LogP contribution in [-0.4, -0.2) is 76.5 Å². The summed E-state index contributed by atoms with van der Waals surface area (Å²) in [5, 5.41) is 18.3. The number of rotatable bonds is 7. The molecule has 0 spiro atoms. The summed E-state index contributed by atoms with van der Waals surface area (Å²) in [5.41, 5.74) is 2.77. The predicted octanol–water partition coefficient (Wildman–Crippen LogP) is 1.65. The third kappa shape index (κ3) is 5.08. The van der Waals surface area contributed by atoms with Gasteiger partial charge >= 0.3 is 11.9 Å². The van der Waals surface area contributed by atoms with Gasteiger partial charge in [0.25, 0.3) is 0 Å². The fourth-order valence-corrected chi connectivity index (χ4v) is 4.48. The zero-order valence-corrected chi connectivity index (χ0v) is 21.3. The van der Waals surface area contributed by atoms with Crippen molar-refractivity contribution in [1.29, 1.82) is 0 Å². The van der Waals surface area contributed by atoms with Gasteiger partial charge in [-0.15, -0.1) is 5.10 Å². The average molecular weight is 572 g/mol. The largest absolute Gasteiger partial charge is 0.456 e. The normalized spacial score (nSPS) is 21.3. The first-order valence-corrected chi connectivity index (χ1v) is 12.1. The molecule has 1 aliphatic rings. The first-order chi connectivity index (χ1) is 17.8. The third-order valence-corrected chi connectivity index (χ3v) is 6.27. The Kier molecular flexibility index (Phi) is 6.95. The van der Waals surface area contributed by atoms with E-state index < -0.39 is 43.1 Å². The first-order valence-electron chi connectivity index (χ1n) is 11.3. The number of halogens is 1. The highest BCUT2D eigenvalue weighted by molar-refractivity contribution is 9.10. The molecule has 3 aromatic heterocycles. The van der Waals surface area contributed by atoms with Crippen LogP contribution in [0, 0.1) is 0 Å². The van der Waals surface area contributed by atoms with E-state index >= 15 is 0 Å². The molecule has 1 aliphatic heterocycles. The molecule has 0 unspecified atom stereocenters. The Hall–Kier alpha value is -3.75. The van der Waals surface area contributed by atoms with Crippen LogP contribution < -0.4 is 0 Å². The Morgan fingerprint density at radius 1 is 1.08 bits per heavy atom. The lowest BCUT2D eigenvalue weighted by atomic mass is 10.1. The lowest BCUT2D eigenvalue weighted by Gasteiger charge is -2.23. The summed E-state index contributed by atoms with van der Waals surface area (Å²) in [5.74, 6) is -1.20. The van der Waals surface area contributed by atoms with Crippen molar-refractivity contribution >= 4 is 39.0 Å². The molecule has 1 N–H and O–H groups in total. The van der Waals surface area contributed by atoms with Gasteiger partial charge in [0.05, 0.1) is 25.7 Å². The summed E-state index contributed by atoms with van der Waals surface area (Å²) < 4.78 is 20.9. The quantitative estimate of drug-likeness (QED) is 0.321. The number of esters is 2. The number of carbonyl (C=O) groups excluding carboxylic acids is 2. The number of imidazole rings is 1. The number of carbonyl (C=O) groups is 2. The molecule has 0 radical (unpaired) electrons. The van der Waals surface area contributed by atoms with E-state index in [4.69, 9.17) is 14.2 Å². The maximum Gasteiger partial charge on any atom is 0.303 e. The molecular weight excluding hydrogens is 550 g/mol. The fraction of sp³-hybridized carbons (Fsp3) is 0.348. The number of hydrogen-bond acceptors (Lipinski definition) is 11. The van der Waals surface area contributed by atoms with E-state index in [1.807, 2.05) is 24.3 Å². The Balaban J connectivity index is 1.47. The summed E-state index contributed by atoms with van der Waals surface area (Å²) in [6.07, 6.45) is 0.624. The second kappa shape index (κ2) is 10.3. The molecule has 4 aromatic rings. The molecule has 0 aliphatic carbocycles. The van der Waals surface area contributed by atoms with E-state index in [2.05, 4.69) is 41.2 Å². The highest BCUT2D eigenvalue weighted by atomic mass is 79.9. The van der Waals surface area contributed by atoms with E-state index in [0.717, 1.165) is 10.0 Å². The number of fused-ring (bicyclic) bond motifs is 1. The molecule has 37 heavy (non-hydrogen) atoms. The number of hydrogen-bond donors (Lipinski definition) is 1. The van der Waals surface area contributed by atoms with Crippen LogP contribution in [-0.2, 0) is 30.3 Å². The summed E-state index contributed by atoms with van der Waals surface area (Å²) in [6, 6.07) is 7.88. The fourth-order valence-electron chi connectivity index (χ4n) is 4.22. The zero-order valence-electron chi connectivity index (χ0n) is 19.8. The lowest BCUT2D eigenvalue weighted by molar-refractivity contribution is -0.165. The van der Waals surface area contributed by atoms with E-state index in [0.29, 0.717) is 29.1 Å². The van der Waals surface area contributed by atoms with Crippen molar-refractivity contribution < 1.29 is 28.9 Å². The van der Waals surface area contributed by atoms with E-state index in [1.54, 1.807) is 15.4 Å². The van der Waals surface area contributed by atoms with Gasteiger partial charge < -0.3 is 19.3 Å². The van der Waals surface area contributed by atoms with Crippen molar-refractivity contribution in [3.8, 4) is 11.4 Å². The molecule has 4 atom stereocenters. The maximum absolute atomic E-state index is 11.8. The van der Waals surface area contributed by atoms with Gasteiger partial charge in [-0.25, -0.2) is 19.6 Å². The van der Waals surface area contributed by atoms with E-state index in [-0.39, 0.29) is 0 Å².